The number of aryl methyl sites for hydroxylation is 1. The maximum absolute atomic E-state index is 13.1. The van der Waals surface area contributed by atoms with Gasteiger partial charge in [-0.2, -0.15) is 5.26 Å². The van der Waals surface area contributed by atoms with Crippen LogP contribution in [0.1, 0.15) is 16.7 Å². The lowest BCUT2D eigenvalue weighted by Gasteiger charge is -2.36. The normalized spacial score (nSPS) is 13.8. The number of methoxy groups -OCH3 is 1. The Hall–Kier alpha value is -3.76. The molecule has 36 heavy (non-hydrogen) atoms. The van der Waals surface area contributed by atoms with Crippen LogP contribution in [0.5, 0.6) is 11.5 Å². The third-order valence-corrected chi connectivity index (χ3v) is 6.69. The van der Waals surface area contributed by atoms with Gasteiger partial charge in [0, 0.05) is 31.9 Å². The Labute approximate surface area is 220 Å². The molecular formula is C29H28BrN3O3. The highest BCUT2D eigenvalue weighted by Gasteiger charge is 2.24. The zero-order chi connectivity index (χ0) is 25.5. The average Bonchev–Trinajstić information content (AvgIpc) is 2.92. The van der Waals surface area contributed by atoms with Gasteiger partial charge in [-0.05, 0) is 64.3 Å². The second-order valence-corrected chi connectivity index (χ2v) is 9.45. The highest BCUT2D eigenvalue weighted by Crippen LogP contribution is 2.38. The van der Waals surface area contributed by atoms with Gasteiger partial charge in [0.2, 0.25) is 0 Å². The summed E-state index contributed by atoms with van der Waals surface area (Å²) in [5.41, 5.74) is 4.14. The van der Waals surface area contributed by atoms with Crippen molar-refractivity contribution in [3.05, 3.63) is 93.5 Å². The summed E-state index contributed by atoms with van der Waals surface area (Å²) in [5, 5.41) is 9.75. The second kappa shape index (κ2) is 11.8. The predicted molar refractivity (Wildman–Crippen MR) is 145 cm³/mol. The first-order valence-corrected chi connectivity index (χ1v) is 12.5. The molecule has 1 aliphatic rings. The maximum Gasteiger partial charge on any atom is 0.264 e. The standard InChI is InChI=1S/C29H28BrN3O3/c1-21-8-10-22(11-9-21)20-36-28-26(30)17-23(18-27(28)35-2)16-24(19-31)29(34)33-14-12-32(13-15-33)25-6-4-3-5-7-25/h3-11,16-18H,12-15,20H2,1-2H3/b24-16-. The van der Waals surface area contributed by atoms with Crippen LogP contribution < -0.4 is 14.4 Å². The number of hydrogen-bond donors (Lipinski definition) is 0. The van der Waals surface area contributed by atoms with Crippen molar-refractivity contribution in [2.24, 2.45) is 0 Å². The molecule has 4 rings (SSSR count). The van der Waals surface area contributed by atoms with Crippen molar-refractivity contribution in [2.45, 2.75) is 13.5 Å². The average molecular weight is 546 g/mol. The van der Waals surface area contributed by atoms with E-state index >= 15 is 0 Å². The summed E-state index contributed by atoms with van der Waals surface area (Å²) in [6, 6.07) is 24.0. The third kappa shape index (κ3) is 6.07. The van der Waals surface area contributed by atoms with Crippen molar-refractivity contribution < 1.29 is 14.3 Å². The van der Waals surface area contributed by atoms with E-state index in [1.807, 2.05) is 55.5 Å². The topological polar surface area (TPSA) is 65.8 Å². The first-order chi connectivity index (χ1) is 17.5. The van der Waals surface area contributed by atoms with E-state index in [1.54, 1.807) is 24.2 Å². The van der Waals surface area contributed by atoms with E-state index in [4.69, 9.17) is 9.47 Å². The van der Waals surface area contributed by atoms with Crippen LogP contribution in [0.2, 0.25) is 0 Å². The van der Waals surface area contributed by atoms with Gasteiger partial charge in [-0.25, -0.2) is 0 Å². The molecule has 1 heterocycles. The molecule has 6 nitrogen and oxygen atoms in total. The fourth-order valence-electron chi connectivity index (χ4n) is 4.09. The lowest BCUT2D eigenvalue weighted by atomic mass is 10.1. The van der Waals surface area contributed by atoms with E-state index in [-0.39, 0.29) is 11.5 Å². The van der Waals surface area contributed by atoms with Crippen LogP contribution in [-0.4, -0.2) is 44.1 Å². The highest BCUT2D eigenvalue weighted by molar-refractivity contribution is 9.10. The molecule has 184 valence electrons. The zero-order valence-electron chi connectivity index (χ0n) is 20.4. The van der Waals surface area contributed by atoms with Gasteiger partial charge in [-0.15, -0.1) is 0 Å². The van der Waals surface area contributed by atoms with Gasteiger partial charge in [-0.1, -0.05) is 48.0 Å². The Kier molecular flexibility index (Phi) is 8.29. The number of amides is 1. The van der Waals surface area contributed by atoms with Crippen molar-refractivity contribution >= 4 is 33.6 Å². The molecule has 0 atom stereocenters. The van der Waals surface area contributed by atoms with Crippen molar-refractivity contribution in [3.63, 3.8) is 0 Å². The molecule has 0 unspecified atom stereocenters. The Morgan fingerprint density at radius 1 is 1.06 bits per heavy atom. The minimum atomic E-state index is -0.264. The van der Waals surface area contributed by atoms with Crippen molar-refractivity contribution in [1.82, 2.24) is 4.90 Å². The summed E-state index contributed by atoms with van der Waals surface area (Å²) in [7, 11) is 1.57. The third-order valence-electron chi connectivity index (χ3n) is 6.11. The van der Waals surface area contributed by atoms with Gasteiger partial charge in [0.1, 0.15) is 18.2 Å². The number of halogens is 1. The molecule has 7 heteroatoms. The summed E-state index contributed by atoms with van der Waals surface area (Å²) in [6.45, 7) is 5.00. The lowest BCUT2D eigenvalue weighted by molar-refractivity contribution is -0.126. The SMILES string of the molecule is COc1cc(/C=C(/C#N)C(=O)N2CCN(c3ccccc3)CC2)cc(Br)c1OCc1ccc(C)cc1. The molecule has 0 aromatic heterocycles. The summed E-state index contributed by atoms with van der Waals surface area (Å²) >= 11 is 3.56. The van der Waals surface area contributed by atoms with E-state index in [2.05, 4.69) is 39.0 Å². The molecule has 0 bridgehead atoms. The summed E-state index contributed by atoms with van der Waals surface area (Å²) in [4.78, 5) is 17.1. The number of carbonyl (C=O) groups is 1. The quantitative estimate of drug-likeness (QED) is 0.285. The summed E-state index contributed by atoms with van der Waals surface area (Å²) in [5.74, 6) is 0.820. The minimum Gasteiger partial charge on any atom is -0.493 e. The Balaban J connectivity index is 1.46. The lowest BCUT2D eigenvalue weighted by Crippen LogP contribution is -2.49. The number of ether oxygens (including phenoxy) is 2. The Morgan fingerprint density at radius 3 is 2.39 bits per heavy atom. The Bertz CT molecular complexity index is 1280. The van der Waals surface area contributed by atoms with Crippen LogP contribution in [0, 0.1) is 18.3 Å². The van der Waals surface area contributed by atoms with Gasteiger partial charge in [0.15, 0.2) is 11.5 Å². The van der Waals surface area contributed by atoms with Gasteiger partial charge >= 0.3 is 0 Å². The van der Waals surface area contributed by atoms with E-state index in [0.29, 0.717) is 41.2 Å². The molecule has 1 aliphatic heterocycles. The van der Waals surface area contributed by atoms with Gasteiger partial charge < -0.3 is 19.3 Å². The number of nitrogens with zero attached hydrogens (tertiary/aromatic N) is 3. The first kappa shape index (κ1) is 25.3. The van der Waals surface area contributed by atoms with Gasteiger partial charge in [-0.3, -0.25) is 4.79 Å². The second-order valence-electron chi connectivity index (χ2n) is 8.59. The number of rotatable bonds is 7. The van der Waals surface area contributed by atoms with E-state index in [1.165, 1.54) is 5.56 Å². The van der Waals surface area contributed by atoms with Crippen LogP contribution in [0.15, 0.2) is 76.8 Å². The Morgan fingerprint density at radius 2 is 1.75 bits per heavy atom. The van der Waals surface area contributed by atoms with Gasteiger partial charge in [0.05, 0.1) is 11.6 Å². The van der Waals surface area contributed by atoms with E-state index in [9.17, 15) is 10.1 Å². The largest absolute Gasteiger partial charge is 0.493 e. The fourth-order valence-corrected chi connectivity index (χ4v) is 4.66. The number of nitriles is 1. The monoisotopic (exact) mass is 545 g/mol. The number of piperazine rings is 1. The van der Waals surface area contributed by atoms with Crippen molar-refractivity contribution in [3.8, 4) is 17.6 Å². The minimum absolute atomic E-state index is 0.0884. The predicted octanol–water partition coefficient (Wildman–Crippen LogP) is 5.60. The molecule has 1 saturated heterocycles. The fraction of sp³-hybridized carbons (Fsp3) is 0.241. The van der Waals surface area contributed by atoms with Gasteiger partial charge in [0.25, 0.3) is 5.91 Å². The molecule has 1 fully saturated rings. The molecule has 1 amide bonds. The molecule has 0 saturated carbocycles. The van der Waals surface area contributed by atoms with E-state index in [0.717, 1.165) is 24.3 Å². The van der Waals surface area contributed by atoms with Crippen LogP contribution in [0.4, 0.5) is 5.69 Å². The molecule has 0 aliphatic carbocycles. The first-order valence-electron chi connectivity index (χ1n) is 11.8. The van der Waals surface area contributed by atoms with Crippen molar-refractivity contribution in [1.29, 1.82) is 5.26 Å². The molecule has 3 aromatic rings. The van der Waals surface area contributed by atoms with Crippen LogP contribution in [0.25, 0.3) is 6.08 Å². The summed E-state index contributed by atoms with van der Waals surface area (Å²) < 4.78 is 12.3. The van der Waals surface area contributed by atoms with Crippen LogP contribution >= 0.6 is 15.9 Å². The molecule has 0 radical (unpaired) electrons. The van der Waals surface area contributed by atoms with Crippen LogP contribution in [-0.2, 0) is 11.4 Å². The number of benzene rings is 3. The number of hydrogen-bond acceptors (Lipinski definition) is 5. The molecule has 0 N–H and O–H groups in total. The number of anilines is 1. The van der Waals surface area contributed by atoms with Crippen LogP contribution in [0.3, 0.4) is 0 Å². The summed E-state index contributed by atoms with van der Waals surface area (Å²) in [6.07, 6.45) is 1.60. The molecule has 3 aromatic carbocycles. The zero-order valence-corrected chi connectivity index (χ0v) is 22.0. The molecule has 0 spiro atoms. The number of para-hydroxylation sites is 1. The maximum atomic E-state index is 13.1. The molecular weight excluding hydrogens is 518 g/mol. The smallest absolute Gasteiger partial charge is 0.264 e. The van der Waals surface area contributed by atoms with E-state index < -0.39 is 0 Å². The highest BCUT2D eigenvalue weighted by atomic mass is 79.9. The van der Waals surface area contributed by atoms with Crippen molar-refractivity contribution in [2.75, 3.05) is 38.2 Å². The number of carbonyl (C=O) groups excluding carboxylic acids is 1.